The minimum atomic E-state index is -0.730. The summed E-state index contributed by atoms with van der Waals surface area (Å²) in [6.07, 6.45) is 2.13. The molecule has 1 N–H and O–H groups in total. The average Bonchev–Trinajstić information content (AvgIpc) is 3.17. The highest BCUT2D eigenvalue weighted by atomic mass is 19.1. The fourth-order valence-electron chi connectivity index (χ4n) is 3.70. The van der Waals surface area contributed by atoms with Gasteiger partial charge in [-0.05, 0) is 24.5 Å². The molecule has 2 aromatic carbocycles. The van der Waals surface area contributed by atoms with Crippen LogP contribution in [0, 0.1) is 5.82 Å². The van der Waals surface area contributed by atoms with Crippen LogP contribution in [0.2, 0.25) is 0 Å². The quantitative estimate of drug-likeness (QED) is 0.637. The molecular weight excluding hydrogens is 411 g/mol. The number of benzene rings is 2. The van der Waals surface area contributed by atoms with Gasteiger partial charge in [0.2, 0.25) is 11.8 Å². The first-order chi connectivity index (χ1) is 15.5. The number of aryl methyl sites for hydroxylation is 1. The van der Waals surface area contributed by atoms with Crippen molar-refractivity contribution >= 4 is 17.8 Å². The lowest BCUT2D eigenvalue weighted by molar-refractivity contribution is -0.117. The number of amides is 2. The molecule has 2 heterocycles. The summed E-state index contributed by atoms with van der Waals surface area (Å²) in [5.74, 6) is 0.755. The fourth-order valence-corrected chi connectivity index (χ4v) is 3.70. The molecule has 0 fully saturated rings. The van der Waals surface area contributed by atoms with Gasteiger partial charge >= 0.3 is 6.09 Å². The molecule has 0 bridgehead atoms. The Morgan fingerprint density at radius 3 is 2.66 bits per heavy atom. The lowest BCUT2D eigenvalue weighted by atomic mass is 10.1. The van der Waals surface area contributed by atoms with Gasteiger partial charge in [-0.3, -0.25) is 14.3 Å². The number of carbonyl (C=O) groups excluding carboxylic acids is 2. The van der Waals surface area contributed by atoms with Crippen molar-refractivity contribution in [1.29, 1.82) is 0 Å². The Labute approximate surface area is 185 Å². The summed E-state index contributed by atoms with van der Waals surface area (Å²) in [5, 5.41) is 2.57. The van der Waals surface area contributed by atoms with Gasteiger partial charge in [0.15, 0.2) is 5.82 Å². The number of rotatable bonds is 6. The normalized spacial score (nSPS) is 12.7. The molecular formula is C24H25FN4O3. The van der Waals surface area contributed by atoms with E-state index in [4.69, 9.17) is 4.74 Å². The largest absolute Gasteiger partial charge is 0.414 e. The number of hydrogen-bond donors (Lipinski definition) is 1. The summed E-state index contributed by atoms with van der Waals surface area (Å²) in [5.41, 5.74) is 1.24. The smallest absolute Gasteiger partial charge is 0.389 e. The van der Waals surface area contributed by atoms with E-state index >= 15 is 0 Å². The standard InChI is InChI=1S/C24H25FN4O3/c1-28(21(30)15-17-9-3-2-4-10-17)22-23(29-14-8-7-13-20(29)27-22)32-24(31)26-16-18-11-5-6-12-19(18)25/h2-6,9-12H,7-8,13-16H2,1H3,(H,26,31). The number of anilines is 1. The minimum Gasteiger partial charge on any atom is -0.389 e. The Kier molecular flexibility index (Phi) is 6.49. The molecule has 0 atom stereocenters. The summed E-state index contributed by atoms with van der Waals surface area (Å²) in [4.78, 5) is 31.4. The number of hydrogen-bond acceptors (Lipinski definition) is 4. The summed E-state index contributed by atoms with van der Waals surface area (Å²) in [6, 6.07) is 15.6. The summed E-state index contributed by atoms with van der Waals surface area (Å²) < 4.78 is 21.3. The van der Waals surface area contributed by atoms with E-state index in [1.54, 1.807) is 25.2 Å². The zero-order valence-electron chi connectivity index (χ0n) is 17.9. The van der Waals surface area contributed by atoms with Crippen LogP contribution >= 0.6 is 0 Å². The van der Waals surface area contributed by atoms with Crippen molar-refractivity contribution in [2.24, 2.45) is 0 Å². The number of imidazole rings is 1. The van der Waals surface area contributed by atoms with Gasteiger partial charge in [0.05, 0.1) is 6.42 Å². The predicted molar refractivity (Wildman–Crippen MR) is 118 cm³/mol. The molecule has 3 aromatic rings. The lowest BCUT2D eigenvalue weighted by Gasteiger charge is -2.18. The van der Waals surface area contributed by atoms with E-state index in [0.717, 1.165) is 30.7 Å². The SMILES string of the molecule is CN(C(=O)Cc1ccccc1)c1nc2n(c1OC(=O)NCc1ccccc1F)CCCC2. The molecule has 4 rings (SSSR count). The molecule has 1 aromatic heterocycles. The number of likely N-dealkylation sites (N-methyl/N-ethyl adjacent to an activating group) is 1. The molecule has 32 heavy (non-hydrogen) atoms. The van der Waals surface area contributed by atoms with E-state index in [-0.39, 0.29) is 24.8 Å². The van der Waals surface area contributed by atoms with Gasteiger partial charge in [-0.2, -0.15) is 0 Å². The average molecular weight is 436 g/mol. The van der Waals surface area contributed by atoms with E-state index in [9.17, 15) is 14.0 Å². The van der Waals surface area contributed by atoms with Crippen molar-refractivity contribution < 1.29 is 18.7 Å². The zero-order chi connectivity index (χ0) is 22.5. The van der Waals surface area contributed by atoms with Crippen molar-refractivity contribution in [3.05, 3.63) is 77.4 Å². The van der Waals surface area contributed by atoms with Crippen LogP contribution in [0.1, 0.15) is 29.8 Å². The van der Waals surface area contributed by atoms with Crippen LogP contribution < -0.4 is 15.0 Å². The predicted octanol–water partition coefficient (Wildman–Crippen LogP) is 3.85. The second kappa shape index (κ2) is 9.64. The van der Waals surface area contributed by atoms with Gasteiger partial charge in [-0.1, -0.05) is 48.5 Å². The van der Waals surface area contributed by atoms with Crippen LogP contribution in [0.4, 0.5) is 15.0 Å². The minimum absolute atomic E-state index is 0.00931. The van der Waals surface area contributed by atoms with Gasteiger partial charge in [-0.15, -0.1) is 0 Å². The Morgan fingerprint density at radius 1 is 1.12 bits per heavy atom. The molecule has 0 aliphatic carbocycles. The number of fused-ring (bicyclic) bond motifs is 1. The molecule has 0 saturated carbocycles. The fraction of sp³-hybridized carbons (Fsp3) is 0.292. The highest BCUT2D eigenvalue weighted by Gasteiger charge is 2.28. The molecule has 0 spiro atoms. The first-order valence-electron chi connectivity index (χ1n) is 10.6. The van der Waals surface area contributed by atoms with Crippen LogP contribution in [-0.2, 0) is 30.7 Å². The van der Waals surface area contributed by atoms with Crippen LogP contribution in [0.25, 0.3) is 0 Å². The lowest BCUT2D eigenvalue weighted by Crippen LogP contribution is -2.31. The van der Waals surface area contributed by atoms with Gasteiger partial charge in [-0.25, -0.2) is 14.2 Å². The number of nitrogens with one attached hydrogen (secondary N) is 1. The number of ether oxygens (including phenoxy) is 1. The Morgan fingerprint density at radius 2 is 1.88 bits per heavy atom. The third kappa shape index (κ3) is 4.80. The highest BCUT2D eigenvalue weighted by Crippen LogP contribution is 2.32. The zero-order valence-corrected chi connectivity index (χ0v) is 17.9. The van der Waals surface area contributed by atoms with Gasteiger partial charge in [0, 0.05) is 32.1 Å². The Bertz CT molecular complexity index is 1110. The maximum absolute atomic E-state index is 13.8. The van der Waals surface area contributed by atoms with Crippen molar-refractivity contribution in [2.75, 3.05) is 11.9 Å². The second-order valence-electron chi connectivity index (χ2n) is 7.72. The summed E-state index contributed by atoms with van der Waals surface area (Å²) in [7, 11) is 1.63. The topological polar surface area (TPSA) is 76.5 Å². The molecule has 0 radical (unpaired) electrons. The molecule has 1 aliphatic rings. The van der Waals surface area contributed by atoms with Gasteiger partial charge in [0.25, 0.3) is 0 Å². The van der Waals surface area contributed by atoms with Crippen LogP contribution in [-0.4, -0.2) is 28.6 Å². The van der Waals surface area contributed by atoms with E-state index < -0.39 is 11.9 Å². The molecule has 1 aliphatic heterocycles. The molecule has 8 heteroatoms. The summed E-state index contributed by atoms with van der Waals surface area (Å²) >= 11 is 0. The number of halogens is 1. The van der Waals surface area contributed by atoms with Crippen molar-refractivity contribution in [1.82, 2.24) is 14.9 Å². The van der Waals surface area contributed by atoms with Crippen LogP contribution in [0.15, 0.2) is 54.6 Å². The van der Waals surface area contributed by atoms with Crippen molar-refractivity contribution in [3.63, 3.8) is 0 Å². The van der Waals surface area contributed by atoms with Gasteiger partial charge in [0.1, 0.15) is 11.6 Å². The van der Waals surface area contributed by atoms with Gasteiger partial charge < -0.3 is 10.1 Å². The number of carbonyl (C=O) groups is 2. The van der Waals surface area contributed by atoms with Crippen molar-refractivity contribution in [2.45, 2.75) is 38.8 Å². The van der Waals surface area contributed by atoms with Crippen LogP contribution in [0.5, 0.6) is 5.88 Å². The Hall–Kier alpha value is -3.68. The third-order valence-electron chi connectivity index (χ3n) is 5.48. The van der Waals surface area contributed by atoms with Crippen LogP contribution in [0.3, 0.4) is 0 Å². The number of nitrogens with zero attached hydrogens (tertiary/aromatic N) is 3. The van der Waals surface area contributed by atoms with E-state index in [2.05, 4.69) is 10.3 Å². The molecule has 0 saturated heterocycles. The maximum atomic E-state index is 13.8. The molecule has 0 unspecified atom stereocenters. The first-order valence-corrected chi connectivity index (χ1v) is 10.6. The van der Waals surface area contributed by atoms with E-state index in [1.807, 2.05) is 34.9 Å². The van der Waals surface area contributed by atoms with E-state index in [0.29, 0.717) is 17.9 Å². The third-order valence-corrected chi connectivity index (χ3v) is 5.48. The molecule has 2 amide bonds. The first kappa shape index (κ1) is 21.5. The monoisotopic (exact) mass is 436 g/mol. The maximum Gasteiger partial charge on any atom is 0.414 e. The van der Waals surface area contributed by atoms with E-state index in [1.165, 1.54) is 11.0 Å². The molecule has 166 valence electrons. The summed E-state index contributed by atoms with van der Waals surface area (Å²) in [6.45, 7) is 0.642. The second-order valence-corrected chi connectivity index (χ2v) is 7.72. The number of aromatic nitrogens is 2. The molecule has 7 nitrogen and oxygen atoms in total. The highest BCUT2D eigenvalue weighted by molar-refractivity contribution is 5.94. The Balaban J connectivity index is 1.52. The van der Waals surface area contributed by atoms with Crippen molar-refractivity contribution in [3.8, 4) is 5.88 Å².